The van der Waals surface area contributed by atoms with Gasteiger partial charge in [-0.2, -0.15) is 0 Å². The van der Waals surface area contributed by atoms with Gasteiger partial charge in [0.05, 0.1) is 11.1 Å². The summed E-state index contributed by atoms with van der Waals surface area (Å²) >= 11 is 0. The zero-order valence-corrected chi connectivity index (χ0v) is 17.0. The molecule has 0 radical (unpaired) electrons. The third-order valence-electron chi connectivity index (χ3n) is 3.73. The fraction of sp³-hybridized carbons (Fsp3) is 0.300. The zero-order valence-electron chi connectivity index (χ0n) is 15.4. The average Bonchev–Trinajstić information content (AvgIpc) is 2.73. The fourth-order valence-electron chi connectivity index (χ4n) is 2.30. The van der Waals surface area contributed by atoms with Crippen LogP contribution in [0, 0.1) is 0 Å². The van der Waals surface area contributed by atoms with Crippen LogP contribution in [0.15, 0.2) is 58.3 Å². The molecule has 0 aliphatic heterocycles. The predicted molar refractivity (Wildman–Crippen MR) is 113 cm³/mol. The Bertz CT molecular complexity index is 721. The summed E-state index contributed by atoms with van der Waals surface area (Å²) in [5, 5.41) is 23.3. The number of aliphatic hydroxyl groups excluding tert-OH is 2. The van der Waals surface area contributed by atoms with Crippen LogP contribution in [0.25, 0.3) is 0 Å². The number of hydrogen-bond donors (Lipinski definition) is 4. The highest BCUT2D eigenvalue weighted by atomic mass is 33.1. The highest BCUT2D eigenvalue weighted by molar-refractivity contribution is 8.76. The number of aliphatic hydroxyl groups is 2. The minimum atomic E-state index is -0.188. The first kappa shape index (κ1) is 22.3. The first-order chi connectivity index (χ1) is 13.7. The summed E-state index contributed by atoms with van der Waals surface area (Å²) in [6.45, 7) is 0.893. The molecule has 0 saturated heterocycles. The molecule has 8 heteroatoms. The van der Waals surface area contributed by atoms with Gasteiger partial charge in [-0.1, -0.05) is 45.9 Å². The van der Waals surface area contributed by atoms with Crippen molar-refractivity contribution in [2.45, 2.75) is 22.6 Å². The van der Waals surface area contributed by atoms with Crippen molar-refractivity contribution in [3.05, 3.63) is 59.7 Å². The van der Waals surface area contributed by atoms with Crippen molar-refractivity contribution in [2.75, 3.05) is 26.3 Å². The molecule has 0 unspecified atom stereocenters. The SMILES string of the molecule is O=C(NCCCO)c1ccccc1SSc1ccccc1C(=O)NCCCO. The van der Waals surface area contributed by atoms with Crippen LogP contribution in [0.4, 0.5) is 0 Å². The van der Waals surface area contributed by atoms with Gasteiger partial charge in [-0.3, -0.25) is 9.59 Å². The molecule has 0 heterocycles. The average molecular weight is 421 g/mol. The standard InChI is InChI=1S/C20H24N2O4S2/c23-13-5-11-21-19(25)15-7-1-3-9-17(15)27-28-18-10-4-2-8-16(18)20(26)22-12-6-14-24/h1-4,7-10,23-24H,5-6,11-14H2,(H,21,25)(H,22,26). The van der Waals surface area contributed by atoms with E-state index in [9.17, 15) is 9.59 Å². The Morgan fingerprint density at radius 3 is 1.50 bits per heavy atom. The highest BCUT2D eigenvalue weighted by Crippen LogP contribution is 2.40. The van der Waals surface area contributed by atoms with Gasteiger partial charge < -0.3 is 20.8 Å². The number of hydrogen-bond acceptors (Lipinski definition) is 6. The summed E-state index contributed by atoms with van der Waals surface area (Å²) in [6.07, 6.45) is 1.02. The Kier molecular flexibility index (Phi) is 9.92. The van der Waals surface area contributed by atoms with E-state index in [-0.39, 0.29) is 25.0 Å². The molecule has 0 atom stereocenters. The number of benzene rings is 2. The van der Waals surface area contributed by atoms with E-state index in [4.69, 9.17) is 10.2 Å². The molecule has 4 N–H and O–H groups in total. The van der Waals surface area contributed by atoms with Crippen LogP contribution in [0.3, 0.4) is 0 Å². The molecule has 0 aliphatic rings. The molecular weight excluding hydrogens is 396 g/mol. The largest absolute Gasteiger partial charge is 0.396 e. The summed E-state index contributed by atoms with van der Waals surface area (Å²) in [5.41, 5.74) is 1.12. The Labute approximate surface area is 172 Å². The van der Waals surface area contributed by atoms with E-state index in [1.54, 1.807) is 24.3 Å². The smallest absolute Gasteiger partial charge is 0.252 e. The van der Waals surface area contributed by atoms with Gasteiger partial charge >= 0.3 is 0 Å². The second-order valence-electron chi connectivity index (χ2n) is 5.83. The molecule has 150 valence electrons. The predicted octanol–water partition coefficient (Wildman–Crippen LogP) is 2.71. The summed E-state index contributed by atoms with van der Waals surface area (Å²) in [5.74, 6) is -0.376. The van der Waals surface area contributed by atoms with Crippen molar-refractivity contribution in [2.24, 2.45) is 0 Å². The lowest BCUT2D eigenvalue weighted by Crippen LogP contribution is -2.25. The number of rotatable bonds is 11. The number of carbonyl (C=O) groups excluding carboxylic acids is 2. The van der Waals surface area contributed by atoms with Crippen molar-refractivity contribution in [3.8, 4) is 0 Å². The highest BCUT2D eigenvalue weighted by Gasteiger charge is 2.14. The minimum Gasteiger partial charge on any atom is -0.396 e. The topological polar surface area (TPSA) is 98.7 Å². The molecule has 0 aromatic heterocycles. The fourth-order valence-corrected chi connectivity index (χ4v) is 4.66. The van der Waals surface area contributed by atoms with E-state index in [1.807, 2.05) is 24.3 Å². The van der Waals surface area contributed by atoms with Crippen molar-refractivity contribution in [1.82, 2.24) is 10.6 Å². The molecule has 28 heavy (non-hydrogen) atoms. The van der Waals surface area contributed by atoms with Crippen LogP contribution in [0.2, 0.25) is 0 Å². The first-order valence-electron chi connectivity index (χ1n) is 8.98. The van der Waals surface area contributed by atoms with E-state index in [2.05, 4.69) is 10.6 Å². The van der Waals surface area contributed by atoms with Crippen molar-refractivity contribution >= 4 is 33.4 Å². The first-order valence-corrected chi connectivity index (χ1v) is 11.1. The lowest BCUT2D eigenvalue weighted by atomic mass is 10.2. The monoisotopic (exact) mass is 420 g/mol. The van der Waals surface area contributed by atoms with Gasteiger partial charge in [0.25, 0.3) is 11.8 Å². The van der Waals surface area contributed by atoms with Crippen molar-refractivity contribution < 1.29 is 19.8 Å². The zero-order chi connectivity index (χ0) is 20.2. The number of nitrogens with one attached hydrogen (secondary N) is 2. The van der Waals surface area contributed by atoms with Gasteiger partial charge in [0.15, 0.2) is 0 Å². The summed E-state index contributed by atoms with van der Waals surface area (Å²) in [6, 6.07) is 14.6. The van der Waals surface area contributed by atoms with Crippen LogP contribution in [-0.2, 0) is 0 Å². The molecule has 2 rings (SSSR count). The molecule has 6 nitrogen and oxygen atoms in total. The quantitative estimate of drug-likeness (QED) is 0.330. The second-order valence-corrected chi connectivity index (χ2v) is 8.04. The van der Waals surface area contributed by atoms with Gasteiger partial charge in [0, 0.05) is 36.1 Å². The maximum atomic E-state index is 12.4. The van der Waals surface area contributed by atoms with Gasteiger partial charge in [-0.25, -0.2) is 0 Å². The van der Waals surface area contributed by atoms with Crippen LogP contribution in [-0.4, -0.2) is 48.3 Å². The maximum Gasteiger partial charge on any atom is 0.252 e. The van der Waals surface area contributed by atoms with E-state index < -0.39 is 0 Å². The van der Waals surface area contributed by atoms with E-state index in [0.717, 1.165) is 9.79 Å². The van der Waals surface area contributed by atoms with E-state index in [1.165, 1.54) is 21.6 Å². The lowest BCUT2D eigenvalue weighted by molar-refractivity contribution is 0.0939. The van der Waals surface area contributed by atoms with E-state index in [0.29, 0.717) is 37.1 Å². The summed E-state index contributed by atoms with van der Waals surface area (Å²) < 4.78 is 0. The van der Waals surface area contributed by atoms with Crippen molar-refractivity contribution in [3.63, 3.8) is 0 Å². The minimum absolute atomic E-state index is 0.0314. The van der Waals surface area contributed by atoms with Gasteiger partial charge in [-0.05, 0) is 37.1 Å². The van der Waals surface area contributed by atoms with Gasteiger partial charge in [0.2, 0.25) is 0 Å². The molecule has 0 saturated carbocycles. The van der Waals surface area contributed by atoms with Crippen LogP contribution in [0.5, 0.6) is 0 Å². The van der Waals surface area contributed by atoms with Crippen molar-refractivity contribution in [1.29, 1.82) is 0 Å². The Morgan fingerprint density at radius 2 is 1.11 bits per heavy atom. The number of carbonyl (C=O) groups is 2. The Hall–Kier alpha value is -2.00. The number of amides is 2. The van der Waals surface area contributed by atoms with E-state index >= 15 is 0 Å². The molecule has 2 amide bonds. The third kappa shape index (κ3) is 6.87. The lowest BCUT2D eigenvalue weighted by Gasteiger charge is -2.11. The molecule has 0 spiro atoms. The normalized spacial score (nSPS) is 10.5. The van der Waals surface area contributed by atoms with Crippen LogP contribution < -0.4 is 10.6 Å². The third-order valence-corrected chi connectivity index (χ3v) is 6.21. The molecule has 2 aromatic carbocycles. The Balaban J connectivity index is 2.07. The molecule has 2 aromatic rings. The Morgan fingerprint density at radius 1 is 0.714 bits per heavy atom. The molecule has 0 aliphatic carbocycles. The van der Waals surface area contributed by atoms with Crippen LogP contribution in [0.1, 0.15) is 33.6 Å². The van der Waals surface area contributed by atoms with Gasteiger partial charge in [0.1, 0.15) is 0 Å². The molecular formula is C20H24N2O4S2. The second kappa shape index (κ2) is 12.5. The van der Waals surface area contributed by atoms with Gasteiger partial charge in [-0.15, -0.1) is 0 Å². The molecule has 0 bridgehead atoms. The van der Waals surface area contributed by atoms with Crippen LogP contribution >= 0.6 is 21.6 Å². The summed E-state index contributed by atoms with van der Waals surface area (Å²) in [4.78, 5) is 26.3. The molecule has 0 fully saturated rings. The maximum absolute atomic E-state index is 12.4. The summed E-state index contributed by atoms with van der Waals surface area (Å²) in [7, 11) is 2.83.